The topological polar surface area (TPSA) is 50.2 Å². The van der Waals surface area contributed by atoms with Crippen LogP contribution >= 0.6 is 11.6 Å². The largest absolute Gasteiger partial charge is 0.337 e. The molecule has 150 valence electrons. The number of hydrogen-bond donors (Lipinski definition) is 1. The van der Waals surface area contributed by atoms with Crippen LogP contribution in [0.3, 0.4) is 0 Å². The lowest BCUT2D eigenvalue weighted by molar-refractivity contribution is 0.0785. The van der Waals surface area contributed by atoms with Gasteiger partial charge in [0.1, 0.15) is 0 Å². The normalized spacial score (nSPS) is 19.1. The quantitative estimate of drug-likeness (QED) is 0.807. The van der Waals surface area contributed by atoms with E-state index in [9.17, 15) is 4.79 Å². The number of halogens is 1. The second-order valence-corrected chi connectivity index (χ2v) is 8.23. The summed E-state index contributed by atoms with van der Waals surface area (Å²) in [4.78, 5) is 15.0. The molecule has 1 aromatic carbocycles. The maximum Gasteiger partial charge on any atom is 0.274 e. The summed E-state index contributed by atoms with van der Waals surface area (Å²) in [6.07, 6.45) is 6.07. The second kappa shape index (κ2) is 8.66. The van der Waals surface area contributed by atoms with Gasteiger partial charge < -0.3 is 10.2 Å². The predicted octanol–water partition coefficient (Wildman–Crippen LogP) is 3.48. The maximum absolute atomic E-state index is 13.0. The summed E-state index contributed by atoms with van der Waals surface area (Å²) < 4.78 is 2.04. The molecule has 1 fully saturated rings. The van der Waals surface area contributed by atoms with Crippen molar-refractivity contribution in [2.45, 2.75) is 58.0 Å². The third kappa shape index (κ3) is 3.96. The van der Waals surface area contributed by atoms with Crippen molar-refractivity contribution >= 4 is 17.5 Å². The van der Waals surface area contributed by atoms with E-state index >= 15 is 0 Å². The van der Waals surface area contributed by atoms with Gasteiger partial charge in [-0.05, 0) is 63.6 Å². The zero-order valence-electron chi connectivity index (χ0n) is 16.6. The fourth-order valence-corrected chi connectivity index (χ4v) is 4.71. The Hall–Kier alpha value is -1.85. The third-order valence-corrected chi connectivity index (χ3v) is 6.40. The summed E-state index contributed by atoms with van der Waals surface area (Å²) >= 11 is 6.27. The van der Waals surface area contributed by atoms with Crippen LogP contribution in [0.25, 0.3) is 0 Å². The zero-order chi connectivity index (χ0) is 19.5. The molecule has 0 bridgehead atoms. The van der Waals surface area contributed by atoms with Crippen molar-refractivity contribution in [2.24, 2.45) is 0 Å². The number of aryl methyl sites for hydroxylation is 1. The van der Waals surface area contributed by atoms with Crippen molar-refractivity contribution < 1.29 is 4.79 Å². The summed E-state index contributed by atoms with van der Waals surface area (Å²) in [5.41, 5.74) is 4.29. The van der Waals surface area contributed by atoms with Crippen LogP contribution in [0.2, 0.25) is 5.02 Å². The average molecular weight is 401 g/mol. The van der Waals surface area contributed by atoms with Crippen molar-refractivity contribution in [3.8, 4) is 0 Å². The van der Waals surface area contributed by atoms with E-state index in [-0.39, 0.29) is 5.91 Å². The van der Waals surface area contributed by atoms with Crippen LogP contribution in [0.4, 0.5) is 0 Å². The van der Waals surface area contributed by atoms with Gasteiger partial charge in [-0.2, -0.15) is 5.10 Å². The molecule has 1 aliphatic carbocycles. The fraction of sp³-hybridized carbons (Fsp3) is 0.545. The molecule has 28 heavy (non-hydrogen) atoms. The standard InChI is InChI=1S/C22H29ClN4O/c1-2-27-20-10-9-17(24-12-11-16-7-3-4-8-19(16)23)15-18(20)21(25-27)22(28)26-13-5-6-14-26/h3-4,7-8,17,24H,2,5-6,9-15H2,1H3. The highest BCUT2D eigenvalue weighted by Gasteiger charge is 2.31. The van der Waals surface area contributed by atoms with Crippen molar-refractivity contribution in [1.29, 1.82) is 0 Å². The number of hydrogen-bond acceptors (Lipinski definition) is 3. The molecule has 1 N–H and O–H groups in total. The molecular weight excluding hydrogens is 372 g/mol. The number of aromatic nitrogens is 2. The van der Waals surface area contributed by atoms with E-state index in [4.69, 9.17) is 16.7 Å². The van der Waals surface area contributed by atoms with E-state index in [2.05, 4.69) is 18.3 Å². The molecule has 2 aromatic rings. The van der Waals surface area contributed by atoms with Gasteiger partial charge in [0.2, 0.25) is 0 Å². The van der Waals surface area contributed by atoms with Crippen LogP contribution in [0.5, 0.6) is 0 Å². The molecule has 1 saturated heterocycles. The molecule has 5 nitrogen and oxygen atoms in total. The molecule has 2 heterocycles. The summed E-state index contributed by atoms with van der Waals surface area (Å²) in [5, 5.41) is 9.22. The first-order valence-electron chi connectivity index (χ1n) is 10.5. The number of amides is 1. The lowest BCUT2D eigenvalue weighted by Gasteiger charge is -2.25. The van der Waals surface area contributed by atoms with Gasteiger partial charge in [-0.3, -0.25) is 9.48 Å². The minimum absolute atomic E-state index is 0.123. The second-order valence-electron chi connectivity index (χ2n) is 7.82. The van der Waals surface area contributed by atoms with Crippen LogP contribution in [0.15, 0.2) is 24.3 Å². The van der Waals surface area contributed by atoms with Gasteiger partial charge in [-0.1, -0.05) is 29.8 Å². The molecule has 1 aromatic heterocycles. The molecule has 2 aliphatic rings. The van der Waals surface area contributed by atoms with E-state index in [1.807, 2.05) is 27.8 Å². The molecule has 1 aliphatic heterocycles. The lowest BCUT2D eigenvalue weighted by atomic mass is 9.91. The monoisotopic (exact) mass is 400 g/mol. The van der Waals surface area contributed by atoms with Crippen LogP contribution in [0.1, 0.15) is 53.5 Å². The Morgan fingerprint density at radius 3 is 2.82 bits per heavy atom. The van der Waals surface area contributed by atoms with Gasteiger partial charge in [0.15, 0.2) is 5.69 Å². The van der Waals surface area contributed by atoms with Crippen LogP contribution in [0, 0.1) is 0 Å². The predicted molar refractivity (Wildman–Crippen MR) is 112 cm³/mol. The molecule has 0 saturated carbocycles. The fourth-order valence-electron chi connectivity index (χ4n) is 4.48. The van der Waals surface area contributed by atoms with Crippen molar-refractivity contribution in [1.82, 2.24) is 20.0 Å². The highest BCUT2D eigenvalue weighted by Crippen LogP contribution is 2.27. The van der Waals surface area contributed by atoms with E-state index in [0.717, 1.165) is 69.7 Å². The van der Waals surface area contributed by atoms with Gasteiger partial charge in [0.05, 0.1) is 0 Å². The Bertz CT molecular complexity index is 841. The van der Waals surface area contributed by atoms with Crippen LogP contribution < -0.4 is 5.32 Å². The average Bonchev–Trinajstić information content (AvgIpc) is 3.37. The van der Waals surface area contributed by atoms with E-state index in [1.54, 1.807) is 0 Å². The number of rotatable bonds is 6. The van der Waals surface area contributed by atoms with E-state index in [0.29, 0.717) is 11.7 Å². The number of likely N-dealkylation sites (tertiary alicyclic amines) is 1. The Labute approximate surface area is 172 Å². The van der Waals surface area contributed by atoms with Gasteiger partial charge in [0, 0.05) is 42.0 Å². The van der Waals surface area contributed by atoms with E-state index in [1.165, 1.54) is 16.8 Å². The number of carbonyl (C=O) groups excluding carboxylic acids is 1. The minimum Gasteiger partial charge on any atom is -0.337 e. The van der Waals surface area contributed by atoms with Crippen molar-refractivity contribution in [3.05, 3.63) is 51.8 Å². The summed E-state index contributed by atoms with van der Waals surface area (Å²) in [6.45, 7) is 5.55. The Kier molecular flexibility index (Phi) is 6.02. The molecule has 1 atom stereocenters. The molecule has 4 rings (SSSR count). The van der Waals surface area contributed by atoms with E-state index < -0.39 is 0 Å². The highest BCUT2D eigenvalue weighted by molar-refractivity contribution is 6.31. The van der Waals surface area contributed by atoms with Gasteiger partial charge >= 0.3 is 0 Å². The Balaban J connectivity index is 1.44. The SMILES string of the molecule is CCn1nc(C(=O)N2CCCC2)c2c1CCC(NCCc1ccccc1Cl)C2. The minimum atomic E-state index is 0.123. The first kappa shape index (κ1) is 19.5. The van der Waals surface area contributed by atoms with Gasteiger partial charge in [0.25, 0.3) is 5.91 Å². The molecule has 0 radical (unpaired) electrons. The number of benzene rings is 1. The molecule has 1 amide bonds. The maximum atomic E-state index is 13.0. The van der Waals surface area contributed by atoms with Crippen LogP contribution in [-0.2, 0) is 25.8 Å². The number of carbonyl (C=O) groups is 1. The third-order valence-electron chi connectivity index (χ3n) is 6.03. The van der Waals surface area contributed by atoms with Crippen LogP contribution in [-0.4, -0.2) is 46.3 Å². The first-order valence-corrected chi connectivity index (χ1v) is 10.9. The summed E-state index contributed by atoms with van der Waals surface area (Å²) in [7, 11) is 0. The summed E-state index contributed by atoms with van der Waals surface area (Å²) in [6, 6.07) is 8.41. The van der Waals surface area contributed by atoms with Gasteiger partial charge in [-0.25, -0.2) is 0 Å². The molecule has 0 spiro atoms. The zero-order valence-corrected chi connectivity index (χ0v) is 17.3. The van der Waals surface area contributed by atoms with Gasteiger partial charge in [-0.15, -0.1) is 0 Å². The first-order chi connectivity index (χ1) is 13.7. The number of fused-ring (bicyclic) bond motifs is 1. The molecule has 6 heteroatoms. The highest BCUT2D eigenvalue weighted by atomic mass is 35.5. The smallest absolute Gasteiger partial charge is 0.274 e. The van der Waals surface area contributed by atoms with Crippen molar-refractivity contribution in [3.63, 3.8) is 0 Å². The molecule has 1 unspecified atom stereocenters. The Morgan fingerprint density at radius 1 is 1.29 bits per heavy atom. The van der Waals surface area contributed by atoms with Crippen molar-refractivity contribution in [2.75, 3.05) is 19.6 Å². The Morgan fingerprint density at radius 2 is 2.07 bits per heavy atom. The summed E-state index contributed by atoms with van der Waals surface area (Å²) in [5.74, 6) is 0.123. The molecular formula is C22H29ClN4O. The number of nitrogens with one attached hydrogen (secondary N) is 1. The number of nitrogens with zero attached hydrogens (tertiary/aromatic N) is 3. The lowest BCUT2D eigenvalue weighted by Crippen LogP contribution is -2.37.